The average Bonchev–Trinajstić information content (AvgIpc) is 3.33. The van der Waals surface area contributed by atoms with Crippen LogP contribution in [0.3, 0.4) is 0 Å². The molecule has 0 saturated carbocycles. The maximum atomic E-state index is 13.4. The van der Waals surface area contributed by atoms with E-state index in [2.05, 4.69) is 65.6 Å². The number of sulfonamides is 1. The molecule has 0 aliphatic carbocycles. The highest BCUT2D eigenvalue weighted by atomic mass is 32.2. The van der Waals surface area contributed by atoms with Crippen molar-refractivity contribution in [1.82, 2.24) is 9.21 Å². The average molecular weight is 589 g/mol. The van der Waals surface area contributed by atoms with Crippen molar-refractivity contribution >= 4 is 16.0 Å². The van der Waals surface area contributed by atoms with E-state index in [4.69, 9.17) is 9.90 Å². The summed E-state index contributed by atoms with van der Waals surface area (Å²) < 4.78 is 60.3. The normalized spacial score (nSPS) is 20.1. The number of rotatable bonds is 7. The summed E-state index contributed by atoms with van der Waals surface area (Å²) in [5.41, 5.74) is 3.43. The minimum Gasteiger partial charge on any atom is -0.475 e. The van der Waals surface area contributed by atoms with Crippen molar-refractivity contribution in [3.05, 3.63) is 108 Å². The number of halogens is 3. The van der Waals surface area contributed by atoms with Gasteiger partial charge < -0.3 is 5.11 Å². The number of carboxylic acids is 1. The van der Waals surface area contributed by atoms with Gasteiger partial charge in [-0.1, -0.05) is 91.0 Å². The fourth-order valence-corrected chi connectivity index (χ4v) is 7.56. The van der Waals surface area contributed by atoms with Crippen LogP contribution in [0.15, 0.2) is 91.0 Å². The van der Waals surface area contributed by atoms with Gasteiger partial charge in [-0.05, 0) is 48.9 Å². The van der Waals surface area contributed by atoms with Crippen molar-refractivity contribution in [3.63, 3.8) is 0 Å². The summed E-state index contributed by atoms with van der Waals surface area (Å²) in [6, 6.07) is 31.0. The zero-order valence-corrected chi connectivity index (χ0v) is 23.5. The molecule has 0 radical (unpaired) electrons. The molecule has 3 aromatic carbocycles. The van der Waals surface area contributed by atoms with Crippen molar-refractivity contribution < 1.29 is 31.5 Å². The molecular formula is C31H35F3N2O4S. The highest BCUT2D eigenvalue weighted by molar-refractivity contribution is 7.88. The molecule has 41 heavy (non-hydrogen) atoms. The Balaban J connectivity index is 0.000000493. The Kier molecular flexibility index (Phi) is 9.88. The number of likely N-dealkylation sites (tertiary alicyclic amines) is 1. The molecule has 3 aromatic rings. The van der Waals surface area contributed by atoms with Crippen LogP contribution in [0.2, 0.25) is 0 Å². The lowest BCUT2D eigenvalue weighted by Gasteiger charge is -2.46. The third-order valence-electron chi connectivity index (χ3n) is 7.90. The minimum atomic E-state index is -5.08. The van der Waals surface area contributed by atoms with Gasteiger partial charge in [0.15, 0.2) is 0 Å². The van der Waals surface area contributed by atoms with Crippen molar-refractivity contribution in [2.24, 2.45) is 0 Å². The van der Waals surface area contributed by atoms with Crippen LogP contribution in [0.5, 0.6) is 0 Å². The fraction of sp³-hybridized carbons (Fsp3) is 0.387. The summed E-state index contributed by atoms with van der Waals surface area (Å²) in [7, 11) is -3.35. The largest absolute Gasteiger partial charge is 0.490 e. The molecule has 1 spiro atoms. The molecule has 1 N–H and O–H groups in total. The van der Waals surface area contributed by atoms with Gasteiger partial charge in [-0.2, -0.15) is 17.5 Å². The van der Waals surface area contributed by atoms with Crippen LogP contribution < -0.4 is 0 Å². The van der Waals surface area contributed by atoms with Crippen LogP contribution >= 0.6 is 0 Å². The van der Waals surface area contributed by atoms with E-state index in [1.807, 2.05) is 30.3 Å². The van der Waals surface area contributed by atoms with Crippen LogP contribution in [0, 0.1) is 0 Å². The van der Waals surface area contributed by atoms with Gasteiger partial charge in [0.1, 0.15) is 0 Å². The van der Waals surface area contributed by atoms with Gasteiger partial charge >= 0.3 is 12.1 Å². The molecular weight excluding hydrogens is 553 g/mol. The predicted molar refractivity (Wildman–Crippen MR) is 152 cm³/mol. The molecule has 1 unspecified atom stereocenters. The molecule has 0 bridgehead atoms. The standard InChI is InChI=1S/C29H34N2O2S.C2HF3O2/c32-34(33,23-25-12-4-1-5-13-25)31-21-11-19-29(24-31)18-10-20-30(29)22-28(26-14-6-2-7-15-26)27-16-8-3-9-17-27;3-2(4,5)1(6)7/h1-9,12-17,28H,10-11,18-24H2;(H,6,7). The number of hydrogen-bond acceptors (Lipinski definition) is 4. The summed E-state index contributed by atoms with van der Waals surface area (Å²) >= 11 is 0. The predicted octanol–water partition coefficient (Wildman–Crippen LogP) is 5.91. The lowest BCUT2D eigenvalue weighted by Crippen LogP contribution is -2.57. The summed E-state index contributed by atoms with van der Waals surface area (Å²) in [5, 5.41) is 7.12. The van der Waals surface area contributed by atoms with Gasteiger partial charge in [-0.25, -0.2) is 13.2 Å². The van der Waals surface area contributed by atoms with E-state index < -0.39 is 22.2 Å². The molecule has 2 saturated heterocycles. The van der Waals surface area contributed by atoms with Gasteiger partial charge in [0.25, 0.3) is 0 Å². The number of benzene rings is 3. The number of carbonyl (C=O) groups is 1. The van der Waals surface area contributed by atoms with Gasteiger partial charge in [0.05, 0.1) is 5.75 Å². The van der Waals surface area contributed by atoms with E-state index in [0.717, 1.165) is 44.3 Å². The highest BCUT2D eigenvalue weighted by Gasteiger charge is 2.46. The van der Waals surface area contributed by atoms with Gasteiger partial charge in [-0.15, -0.1) is 0 Å². The molecule has 6 nitrogen and oxygen atoms in total. The number of nitrogens with zero attached hydrogens (tertiary/aromatic N) is 2. The number of hydrogen-bond donors (Lipinski definition) is 1. The van der Waals surface area contributed by atoms with E-state index in [1.165, 1.54) is 11.1 Å². The van der Waals surface area contributed by atoms with E-state index >= 15 is 0 Å². The Hall–Kier alpha value is -3.21. The zero-order valence-electron chi connectivity index (χ0n) is 22.7. The number of aliphatic carboxylic acids is 1. The first-order chi connectivity index (χ1) is 19.5. The monoisotopic (exact) mass is 588 g/mol. The Morgan fingerprint density at radius 3 is 1.78 bits per heavy atom. The molecule has 0 aromatic heterocycles. The van der Waals surface area contributed by atoms with Crippen LogP contribution in [-0.2, 0) is 20.6 Å². The van der Waals surface area contributed by atoms with Crippen LogP contribution in [0.1, 0.15) is 48.3 Å². The molecule has 0 amide bonds. The van der Waals surface area contributed by atoms with E-state index in [9.17, 15) is 21.6 Å². The van der Waals surface area contributed by atoms with Crippen LogP contribution in [0.4, 0.5) is 13.2 Å². The van der Waals surface area contributed by atoms with Crippen molar-refractivity contribution in [1.29, 1.82) is 0 Å². The van der Waals surface area contributed by atoms with Gasteiger partial charge in [0, 0.05) is 31.1 Å². The maximum absolute atomic E-state index is 13.4. The SMILES string of the molecule is O=C(O)C(F)(F)F.O=S(=O)(Cc1ccccc1)N1CCCC2(CCCN2CC(c2ccccc2)c2ccccc2)C1. The fourth-order valence-electron chi connectivity index (χ4n) is 5.92. The molecule has 220 valence electrons. The maximum Gasteiger partial charge on any atom is 0.490 e. The van der Waals surface area contributed by atoms with E-state index in [1.54, 1.807) is 4.31 Å². The molecule has 10 heteroatoms. The number of piperidine rings is 1. The molecule has 2 aliphatic rings. The second-order valence-corrected chi connectivity index (χ2v) is 12.6. The minimum absolute atomic E-state index is 0.0657. The number of alkyl halides is 3. The first kappa shape index (κ1) is 30.7. The Labute approximate surface area is 239 Å². The Morgan fingerprint density at radius 1 is 0.829 bits per heavy atom. The third-order valence-corrected chi connectivity index (χ3v) is 9.69. The van der Waals surface area contributed by atoms with Gasteiger partial charge in [-0.3, -0.25) is 4.90 Å². The summed E-state index contributed by atoms with van der Waals surface area (Å²) in [4.78, 5) is 11.5. The zero-order chi connectivity index (χ0) is 29.5. The molecule has 2 heterocycles. The first-order valence-corrected chi connectivity index (χ1v) is 15.3. The summed E-state index contributed by atoms with van der Waals surface area (Å²) in [5.74, 6) is -2.40. The van der Waals surface area contributed by atoms with Crippen LogP contribution in [0.25, 0.3) is 0 Å². The van der Waals surface area contributed by atoms with Crippen molar-refractivity contribution in [2.45, 2.75) is 49.1 Å². The molecule has 5 rings (SSSR count). The smallest absolute Gasteiger partial charge is 0.475 e. The summed E-state index contributed by atoms with van der Waals surface area (Å²) in [6.45, 7) is 3.19. The van der Waals surface area contributed by atoms with Crippen molar-refractivity contribution in [2.75, 3.05) is 26.2 Å². The van der Waals surface area contributed by atoms with E-state index in [0.29, 0.717) is 13.1 Å². The molecule has 2 fully saturated rings. The third kappa shape index (κ3) is 7.96. The molecule has 1 atom stereocenters. The second kappa shape index (κ2) is 13.2. The topological polar surface area (TPSA) is 77.9 Å². The molecule has 2 aliphatic heterocycles. The quantitative estimate of drug-likeness (QED) is 0.371. The summed E-state index contributed by atoms with van der Waals surface area (Å²) in [6.07, 6.45) is -0.893. The lowest BCUT2D eigenvalue weighted by molar-refractivity contribution is -0.192. The highest BCUT2D eigenvalue weighted by Crippen LogP contribution is 2.40. The second-order valence-electron chi connectivity index (χ2n) is 10.6. The van der Waals surface area contributed by atoms with Crippen molar-refractivity contribution in [3.8, 4) is 0 Å². The Bertz CT molecular complexity index is 1330. The number of carboxylic acid groups (broad SMARTS) is 1. The van der Waals surface area contributed by atoms with Crippen LogP contribution in [-0.4, -0.2) is 66.6 Å². The Morgan fingerprint density at radius 2 is 1.29 bits per heavy atom. The van der Waals surface area contributed by atoms with Gasteiger partial charge in [0.2, 0.25) is 10.0 Å². The van der Waals surface area contributed by atoms with E-state index in [-0.39, 0.29) is 17.2 Å². The lowest BCUT2D eigenvalue weighted by atomic mass is 9.85. The first-order valence-electron chi connectivity index (χ1n) is 13.7.